The molecule has 16 heavy (non-hydrogen) atoms. The highest BCUT2D eigenvalue weighted by atomic mass is 35.5. The molecule has 0 bridgehead atoms. The molecule has 1 aromatic rings. The molecular formula is C12H17ClN2O. The van der Waals surface area contributed by atoms with Gasteiger partial charge in [0.25, 0.3) is 0 Å². The van der Waals surface area contributed by atoms with Crippen LogP contribution >= 0.6 is 11.6 Å². The van der Waals surface area contributed by atoms with E-state index in [1.54, 1.807) is 6.07 Å². The van der Waals surface area contributed by atoms with E-state index >= 15 is 0 Å². The van der Waals surface area contributed by atoms with Crippen molar-refractivity contribution in [2.75, 3.05) is 5.32 Å². The summed E-state index contributed by atoms with van der Waals surface area (Å²) in [6.45, 7) is 3.90. The number of benzene rings is 1. The highest BCUT2D eigenvalue weighted by Crippen LogP contribution is 2.22. The summed E-state index contributed by atoms with van der Waals surface area (Å²) in [4.78, 5) is 11.6. The van der Waals surface area contributed by atoms with E-state index in [2.05, 4.69) is 5.32 Å². The van der Waals surface area contributed by atoms with Crippen LogP contribution in [-0.2, 0) is 4.79 Å². The highest BCUT2D eigenvalue weighted by molar-refractivity contribution is 6.33. The maximum absolute atomic E-state index is 11.6. The molecule has 88 valence electrons. The Balaban J connectivity index is 2.63. The first kappa shape index (κ1) is 13.0. The van der Waals surface area contributed by atoms with Crippen LogP contribution in [0.25, 0.3) is 0 Å². The molecule has 0 spiro atoms. The lowest BCUT2D eigenvalue weighted by Crippen LogP contribution is -2.26. The number of anilines is 1. The minimum Gasteiger partial charge on any atom is -0.327 e. The van der Waals surface area contributed by atoms with Crippen molar-refractivity contribution in [1.29, 1.82) is 0 Å². The van der Waals surface area contributed by atoms with E-state index in [4.69, 9.17) is 17.3 Å². The third kappa shape index (κ3) is 3.83. The molecular weight excluding hydrogens is 224 g/mol. The van der Waals surface area contributed by atoms with E-state index in [-0.39, 0.29) is 11.9 Å². The summed E-state index contributed by atoms with van der Waals surface area (Å²) in [6.07, 6.45) is 1.11. The van der Waals surface area contributed by atoms with E-state index in [9.17, 15) is 4.79 Å². The van der Waals surface area contributed by atoms with E-state index in [0.29, 0.717) is 17.1 Å². The van der Waals surface area contributed by atoms with Gasteiger partial charge in [-0.1, -0.05) is 24.6 Å². The van der Waals surface area contributed by atoms with Crippen molar-refractivity contribution in [2.24, 2.45) is 5.73 Å². The van der Waals surface area contributed by atoms with Crippen LogP contribution in [0.4, 0.5) is 5.69 Å². The molecule has 0 aliphatic heterocycles. The molecule has 1 atom stereocenters. The van der Waals surface area contributed by atoms with Crippen molar-refractivity contribution in [1.82, 2.24) is 0 Å². The summed E-state index contributed by atoms with van der Waals surface area (Å²) in [6, 6.07) is 5.43. The summed E-state index contributed by atoms with van der Waals surface area (Å²) in [5, 5.41) is 3.31. The Morgan fingerprint density at radius 3 is 2.81 bits per heavy atom. The van der Waals surface area contributed by atoms with Crippen molar-refractivity contribution < 1.29 is 4.79 Å². The fraction of sp³-hybridized carbons (Fsp3) is 0.417. The zero-order valence-electron chi connectivity index (χ0n) is 9.59. The summed E-state index contributed by atoms with van der Waals surface area (Å²) in [5.74, 6) is -0.0971. The monoisotopic (exact) mass is 240 g/mol. The average Bonchev–Trinajstić information content (AvgIpc) is 2.22. The second-order valence-corrected chi connectivity index (χ2v) is 4.31. The van der Waals surface area contributed by atoms with Gasteiger partial charge in [-0.25, -0.2) is 0 Å². The molecule has 3 N–H and O–H groups in total. The third-order valence-corrected chi connectivity index (χ3v) is 2.68. The minimum atomic E-state index is -0.0971. The SMILES string of the molecule is CCC(N)CC(=O)Nc1ccc(C)cc1Cl. The van der Waals surface area contributed by atoms with Crippen LogP contribution in [0.1, 0.15) is 25.3 Å². The Kier molecular flexibility index (Phi) is 4.77. The molecule has 1 aromatic carbocycles. The number of amides is 1. The first-order chi connectivity index (χ1) is 7.52. The molecule has 0 saturated carbocycles. The van der Waals surface area contributed by atoms with E-state index in [1.807, 2.05) is 26.0 Å². The maximum Gasteiger partial charge on any atom is 0.225 e. The van der Waals surface area contributed by atoms with Crippen LogP contribution in [-0.4, -0.2) is 11.9 Å². The van der Waals surface area contributed by atoms with Gasteiger partial charge in [-0.3, -0.25) is 4.79 Å². The molecule has 0 radical (unpaired) electrons. The van der Waals surface area contributed by atoms with Crippen molar-refractivity contribution in [3.63, 3.8) is 0 Å². The Bertz CT molecular complexity index is 379. The molecule has 0 fully saturated rings. The van der Waals surface area contributed by atoms with Gasteiger partial charge >= 0.3 is 0 Å². The van der Waals surface area contributed by atoms with Gasteiger partial charge in [-0.2, -0.15) is 0 Å². The number of halogens is 1. The minimum absolute atomic E-state index is 0.0933. The first-order valence-corrected chi connectivity index (χ1v) is 5.72. The van der Waals surface area contributed by atoms with Crippen LogP contribution in [0.15, 0.2) is 18.2 Å². The standard InChI is InChI=1S/C12H17ClN2O/c1-3-9(14)7-12(16)15-11-5-4-8(2)6-10(11)13/h4-6,9H,3,7,14H2,1-2H3,(H,15,16). The lowest BCUT2D eigenvalue weighted by Gasteiger charge is -2.10. The van der Waals surface area contributed by atoms with Gasteiger partial charge in [-0.05, 0) is 31.0 Å². The Labute approximate surface area is 101 Å². The van der Waals surface area contributed by atoms with Gasteiger partial charge < -0.3 is 11.1 Å². The Morgan fingerprint density at radius 2 is 2.25 bits per heavy atom. The van der Waals surface area contributed by atoms with Gasteiger partial charge in [0, 0.05) is 12.5 Å². The van der Waals surface area contributed by atoms with Crippen molar-refractivity contribution in [3.05, 3.63) is 28.8 Å². The number of rotatable bonds is 4. The van der Waals surface area contributed by atoms with Crippen LogP contribution < -0.4 is 11.1 Å². The molecule has 0 saturated heterocycles. The van der Waals surface area contributed by atoms with Gasteiger partial charge in [-0.15, -0.1) is 0 Å². The van der Waals surface area contributed by atoms with Crippen LogP contribution in [0.3, 0.4) is 0 Å². The predicted octanol–water partition coefficient (Wildman–Crippen LogP) is 2.71. The second kappa shape index (κ2) is 5.87. The highest BCUT2D eigenvalue weighted by Gasteiger charge is 2.09. The normalized spacial score (nSPS) is 12.2. The molecule has 1 unspecified atom stereocenters. The van der Waals surface area contributed by atoms with Gasteiger partial charge in [0.2, 0.25) is 5.91 Å². The summed E-state index contributed by atoms with van der Waals surface area (Å²) in [5.41, 5.74) is 7.40. The van der Waals surface area contributed by atoms with Crippen LogP contribution in [0.2, 0.25) is 5.02 Å². The average molecular weight is 241 g/mol. The molecule has 4 heteroatoms. The van der Waals surface area contributed by atoms with Crippen molar-refractivity contribution in [2.45, 2.75) is 32.7 Å². The fourth-order valence-corrected chi connectivity index (χ4v) is 1.59. The van der Waals surface area contributed by atoms with E-state index < -0.39 is 0 Å². The Hall–Kier alpha value is -1.06. The van der Waals surface area contributed by atoms with Gasteiger partial charge in [0.15, 0.2) is 0 Å². The first-order valence-electron chi connectivity index (χ1n) is 5.34. The molecule has 0 aliphatic carbocycles. The molecule has 3 nitrogen and oxygen atoms in total. The summed E-state index contributed by atoms with van der Waals surface area (Å²) < 4.78 is 0. The smallest absolute Gasteiger partial charge is 0.225 e. The largest absolute Gasteiger partial charge is 0.327 e. The van der Waals surface area contributed by atoms with Crippen molar-refractivity contribution >= 4 is 23.2 Å². The number of hydrogen-bond donors (Lipinski definition) is 2. The number of hydrogen-bond acceptors (Lipinski definition) is 2. The molecule has 0 aromatic heterocycles. The predicted molar refractivity (Wildman–Crippen MR) is 67.7 cm³/mol. The second-order valence-electron chi connectivity index (χ2n) is 3.90. The molecule has 0 aliphatic rings. The lowest BCUT2D eigenvalue weighted by molar-refractivity contribution is -0.116. The van der Waals surface area contributed by atoms with Gasteiger partial charge in [0.1, 0.15) is 0 Å². The fourth-order valence-electron chi connectivity index (χ4n) is 1.31. The Morgan fingerprint density at radius 1 is 1.56 bits per heavy atom. The topological polar surface area (TPSA) is 55.1 Å². The number of aryl methyl sites for hydroxylation is 1. The van der Waals surface area contributed by atoms with E-state index in [0.717, 1.165) is 12.0 Å². The molecule has 1 amide bonds. The van der Waals surface area contributed by atoms with Crippen LogP contribution in [0.5, 0.6) is 0 Å². The summed E-state index contributed by atoms with van der Waals surface area (Å²) in [7, 11) is 0. The van der Waals surface area contributed by atoms with Crippen molar-refractivity contribution in [3.8, 4) is 0 Å². The molecule has 1 rings (SSSR count). The number of nitrogens with one attached hydrogen (secondary N) is 1. The zero-order chi connectivity index (χ0) is 12.1. The summed E-state index contributed by atoms with van der Waals surface area (Å²) >= 11 is 6.00. The number of carbonyl (C=O) groups is 1. The van der Waals surface area contributed by atoms with E-state index in [1.165, 1.54) is 0 Å². The zero-order valence-corrected chi connectivity index (χ0v) is 10.3. The third-order valence-electron chi connectivity index (χ3n) is 2.37. The maximum atomic E-state index is 11.6. The quantitative estimate of drug-likeness (QED) is 0.850. The van der Waals surface area contributed by atoms with Crippen LogP contribution in [0, 0.1) is 6.92 Å². The lowest BCUT2D eigenvalue weighted by atomic mass is 10.1. The van der Waals surface area contributed by atoms with Gasteiger partial charge in [0.05, 0.1) is 10.7 Å². The number of nitrogens with two attached hydrogens (primary N) is 1. The molecule has 0 heterocycles. The number of carbonyl (C=O) groups excluding carboxylic acids is 1.